The summed E-state index contributed by atoms with van der Waals surface area (Å²) < 4.78 is 15.5. The smallest absolute Gasteiger partial charge is 0.341 e. The fourth-order valence-corrected chi connectivity index (χ4v) is 2.65. The summed E-state index contributed by atoms with van der Waals surface area (Å²) in [5.41, 5.74) is 3.39. The molecule has 0 unspecified atom stereocenters. The van der Waals surface area contributed by atoms with Crippen molar-refractivity contribution in [3.8, 4) is 11.5 Å². The number of carbonyl (C=O) groups excluding carboxylic acids is 1. The fourth-order valence-electron chi connectivity index (χ4n) is 2.65. The van der Waals surface area contributed by atoms with Gasteiger partial charge < -0.3 is 19.3 Å². The zero-order valence-corrected chi connectivity index (χ0v) is 16.6. The van der Waals surface area contributed by atoms with Crippen LogP contribution in [0.25, 0.3) is 0 Å². The molecule has 2 aromatic rings. The summed E-state index contributed by atoms with van der Waals surface area (Å²) in [6.07, 6.45) is 3.79. The lowest BCUT2D eigenvalue weighted by atomic mass is 10.1. The van der Waals surface area contributed by atoms with E-state index < -0.39 is 18.5 Å². The molecule has 7 nitrogen and oxygen atoms in total. The maximum Gasteiger partial charge on any atom is 0.341 e. The fraction of sp³-hybridized carbons (Fsp3) is 0.227. The minimum atomic E-state index is -1.08. The van der Waals surface area contributed by atoms with Crippen LogP contribution in [0.5, 0.6) is 11.5 Å². The molecule has 0 aliphatic rings. The van der Waals surface area contributed by atoms with Gasteiger partial charge in [-0.3, -0.25) is 4.99 Å². The van der Waals surface area contributed by atoms with Crippen molar-refractivity contribution in [1.29, 1.82) is 0 Å². The molecule has 0 aromatic heterocycles. The van der Waals surface area contributed by atoms with E-state index in [0.29, 0.717) is 29.2 Å². The molecule has 0 atom stereocenters. The average molecular weight is 397 g/mol. The van der Waals surface area contributed by atoms with Gasteiger partial charge in [0.25, 0.3) is 0 Å². The maximum absolute atomic E-state index is 11.7. The predicted molar refractivity (Wildman–Crippen MR) is 110 cm³/mol. The molecule has 0 aliphatic carbocycles. The lowest BCUT2D eigenvalue weighted by Gasteiger charge is -2.14. The lowest BCUT2D eigenvalue weighted by molar-refractivity contribution is -0.139. The van der Waals surface area contributed by atoms with Crippen molar-refractivity contribution in [2.75, 3.05) is 20.8 Å². The number of benzene rings is 2. The quantitative estimate of drug-likeness (QED) is 0.394. The van der Waals surface area contributed by atoms with Crippen LogP contribution in [0.3, 0.4) is 0 Å². The standard InChI is InChI=1S/C22H23NO6/c1-5-6-16-9-15(10-19(27-3)21(16)29-13-20(24)25)12-23-18-11-17(22(26)28-4)8-7-14(18)2/h5,7-12H,1,6,13H2,2-4H3,(H,24,25). The van der Waals surface area contributed by atoms with Gasteiger partial charge in [0.2, 0.25) is 0 Å². The maximum atomic E-state index is 11.7. The predicted octanol–water partition coefficient (Wildman–Crippen LogP) is 3.73. The topological polar surface area (TPSA) is 94.4 Å². The molecule has 2 rings (SSSR count). The first kappa shape index (κ1) is 21.7. The first-order valence-corrected chi connectivity index (χ1v) is 8.79. The molecule has 0 fully saturated rings. The Balaban J connectivity index is 2.42. The minimum Gasteiger partial charge on any atom is -0.493 e. The summed E-state index contributed by atoms with van der Waals surface area (Å²) in [6.45, 7) is 5.14. The Bertz CT molecular complexity index is 949. The van der Waals surface area contributed by atoms with Crippen LogP contribution in [0.4, 0.5) is 5.69 Å². The number of methoxy groups -OCH3 is 2. The summed E-state index contributed by atoms with van der Waals surface area (Å²) in [5.74, 6) is -0.762. The van der Waals surface area contributed by atoms with Gasteiger partial charge in [-0.05, 0) is 48.7 Å². The third-order valence-electron chi connectivity index (χ3n) is 4.06. The Kier molecular flexibility index (Phi) is 7.54. The first-order valence-electron chi connectivity index (χ1n) is 8.79. The number of aryl methyl sites for hydroxylation is 1. The van der Waals surface area contributed by atoms with Crippen LogP contribution in [-0.4, -0.2) is 44.1 Å². The van der Waals surface area contributed by atoms with Crippen molar-refractivity contribution in [2.45, 2.75) is 13.3 Å². The van der Waals surface area contributed by atoms with Crippen molar-refractivity contribution in [1.82, 2.24) is 0 Å². The van der Waals surface area contributed by atoms with E-state index in [0.717, 1.165) is 16.7 Å². The molecule has 29 heavy (non-hydrogen) atoms. The first-order chi connectivity index (χ1) is 13.9. The van der Waals surface area contributed by atoms with Crippen LogP contribution in [0.15, 0.2) is 48.0 Å². The average Bonchev–Trinajstić information content (AvgIpc) is 2.71. The van der Waals surface area contributed by atoms with E-state index in [1.165, 1.54) is 14.2 Å². The molecule has 2 aromatic carbocycles. The van der Waals surface area contributed by atoms with E-state index >= 15 is 0 Å². The molecular weight excluding hydrogens is 374 g/mol. The number of esters is 1. The highest BCUT2D eigenvalue weighted by molar-refractivity contribution is 5.91. The number of carboxylic acid groups (broad SMARTS) is 1. The minimum absolute atomic E-state index is 0.357. The molecule has 0 amide bonds. The summed E-state index contributed by atoms with van der Waals surface area (Å²) >= 11 is 0. The lowest BCUT2D eigenvalue weighted by Crippen LogP contribution is -2.11. The molecule has 0 saturated carbocycles. The van der Waals surface area contributed by atoms with Crippen LogP contribution < -0.4 is 9.47 Å². The van der Waals surface area contributed by atoms with Crippen LogP contribution >= 0.6 is 0 Å². The zero-order valence-electron chi connectivity index (χ0n) is 16.6. The molecule has 1 N–H and O–H groups in total. The Labute approximate surface area is 169 Å². The van der Waals surface area contributed by atoms with E-state index in [9.17, 15) is 9.59 Å². The number of carboxylic acids is 1. The van der Waals surface area contributed by atoms with Gasteiger partial charge in [0.1, 0.15) is 0 Å². The molecule has 0 spiro atoms. The zero-order chi connectivity index (χ0) is 21.4. The van der Waals surface area contributed by atoms with E-state index in [-0.39, 0.29) is 0 Å². The van der Waals surface area contributed by atoms with Crippen LogP contribution in [0, 0.1) is 6.92 Å². The highest BCUT2D eigenvalue weighted by atomic mass is 16.5. The molecule has 7 heteroatoms. The molecular formula is C22H23NO6. The highest BCUT2D eigenvalue weighted by Gasteiger charge is 2.14. The van der Waals surface area contributed by atoms with Gasteiger partial charge in [-0.15, -0.1) is 6.58 Å². The summed E-state index contributed by atoms with van der Waals surface area (Å²) in [4.78, 5) is 27.1. The second kappa shape index (κ2) is 10.1. The SMILES string of the molecule is C=CCc1cc(C=Nc2cc(C(=O)OC)ccc2C)cc(OC)c1OCC(=O)O. The van der Waals surface area contributed by atoms with Crippen molar-refractivity contribution < 1.29 is 28.9 Å². The number of aliphatic imine (C=N–C) groups is 1. The van der Waals surface area contributed by atoms with E-state index in [2.05, 4.69) is 11.6 Å². The molecule has 0 heterocycles. The van der Waals surface area contributed by atoms with E-state index in [1.807, 2.05) is 13.0 Å². The van der Waals surface area contributed by atoms with E-state index in [4.69, 9.17) is 19.3 Å². The second-order valence-corrected chi connectivity index (χ2v) is 6.14. The van der Waals surface area contributed by atoms with E-state index in [1.54, 1.807) is 36.6 Å². The van der Waals surface area contributed by atoms with Gasteiger partial charge in [0, 0.05) is 11.8 Å². The third-order valence-corrected chi connectivity index (χ3v) is 4.06. The number of hydrogen-bond donors (Lipinski definition) is 1. The molecule has 0 saturated heterocycles. The van der Waals surface area contributed by atoms with Crippen LogP contribution in [-0.2, 0) is 16.0 Å². The van der Waals surface area contributed by atoms with Crippen molar-refractivity contribution >= 4 is 23.8 Å². The van der Waals surface area contributed by atoms with Crippen molar-refractivity contribution in [2.24, 2.45) is 4.99 Å². The number of ether oxygens (including phenoxy) is 3. The Morgan fingerprint density at radius 1 is 1.21 bits per heavy atom. The summed E-state index contributed by atoms with van der Waals surface area (Å²) in [7, 11) is 2.80. The van der Waals surface area contributed by atoms with Crippen LogP contribution in [0.1, 0.15) is 27.0 Å². The molecule has 152 valence electrons. The monoisotopic (exact) mass is 397 g/mol. The summed E-state index contributed by atoms with van der Waals surface area (Å²) in [5, 5.41) is 8.89. The van der Waals surface area contributed by atoms with Crippen molar-refractivity contribution in [3.63, 3.8) is 0 Å². The summed E-state index contributed by atoms with van der Waals surface area (Å²) in [6, 6.07) is 8.66. The Morgan fingerprint density at radius 2 is 1.97 bits per heavy atom. The van der Waals surface area contributed by atoms with Gasteiger partial charge in [-0.1, -0.05) is 12.1 Å². The Hall–Kier alpha value is -3.61. The third kappa shape index (κ3) is 5.68. The number of nitrogens with zero attached hydrogens (tertiary/aromatic N) is 1. The van der Waals surface area contributed by atoms with Crippen LogP contribution in [0.2, 0.25) is 0 Å². The number of rotatable bonds is 9. The van der Waals surface area contributed by atoms with Gasteiger partial charge in [-0.2, -0.15) is 0 Å². The number of hydrogen-bond acceptors (Lipinski definition) is 6. The second-order valence-electron chi connectivity index (χ2n) is 6.14. The van der Waals surface area contributed by atoms with Gasteiger partial charge in [-0.25, -0.2) is 9.59 Å². The largest absolute Gasteiger partial charge is 0.493 e. The molecule has 0 radical (unpaired) electrons. The van der Waals surface area contributed by atoms with Gasteiger partial charge in [0.05, 0.1) is 25.5 Å². The highest BCUT2D eigenvalue weighted by Crippen LogP contribution is 2.33. The van der Waals surface area contributed by atoms with Gasteiger partial charge >= 0.3 is 11.9 Å². The number of carbonyl (C=O) groups is 2. The van der Waals surface area contributed by atoms with Gasteiger partial charge in [0.15, 0.2) is 18.1 Å². The molecule has 0 aliphatic heterocycles. The normalized spacial score (nSPS) is 10.6. The molecule has 0 bridgehead atoms. The Morgan fingerprint density at radius 3 is 2.59 bits per heavy atom. The number of allylic oxidation sites excluding steroid dienone is 1. The number of aliphatic carboxylic acids is 1. The van der Waals surface area contributed by atoms with Crippen molar-refractivity contribution in [3.05, 3.63) is 65.2 Å².